The van der Waals surface area contributed by atoms with Crippen LogP contribution in [-0.2, 0) is 20.9 Å². The predicted octanol–water partition coefficient (Wildman–Crippen LogP) is 3.02. The van der Waals surface area contributed by atoms with Gasteiger partial charge in [-0.1, -0.05) is 24.3 Å². The summed E-state index contributed by atoms with van der Waals surface area (Å²) in [5.74, 6) is 0.358. The number of benzene rings is 2. The maximum Gasteiger partial charge on any atom is 0.347 e. The molecule has 6 nitrogen and oxygen atoms in total. The molecule has 1 N–H and O–H groups in total. The second kappa shape index (κ2) is 9.62. The molecule has 0 aliphatic carbocycles. The van der Waals surface area contributed by atoms with Gasteiger partial charge in [-0.15, -0.1) is 0 Å². The Morgan fingerprint density at radius 2 is 1.70 bits per heavy atom. The van der Waals surface area contributed by atoms with Gasteiger partial charge in [0, 0.05) is 6.54 Å². The zero-order valence-corrected chi connectivity index (χ0v) is 16.0. The van der Waals surface area contributed by atoms with Crippen LogP contribution >= 0.6 is 0 Å². The molecular weight excluding hydrogens is 346 g/mol. The van der Waals surface area contributed by atoms with E-state index in [0.717, 1.165) is 16.9 Å². The Hall–Kier alpha value is -3.02. The summed E-state index contributed by atoms with van der Waals surface area (Å²) in [7, 11) is 1.59. The lowest BCUT2D eigenvalue weighted by molar-refractivity contribution is -0.160. The largest absolute Gasteiger partial charge is 0.497 e. The van der Waals surface area contributed by atoms with Gasteiger partial charge in [0.15, 0.2) is 12.2 Å². The highest BCUT2D eigenvalue weighted by Gasteiger charge is 2.23. The van der Waals surface area contributed by atoms with Gasteiger partial charge in [-0.05, 0) is 56.2 Å². The van der Waals surface area contributed by atoms with Crippen LogP contribution in [0, 0.1) is 6.92 Å². The van der Waals surface area contributed by atoms with E-state index in [1.807, 2.05) is 49.4 Å². The molecule has 0 aromatic heterocycles. The van der Waals surface area contributed by atoms with E-state index in [1.54, 1.807) is 20.1 Å². The molecule has 2 aromatic carbocycles. The standard InChI is InChI=1S/C21H25NO5/c1-14-6-5-7-19(12-14)26-16(3)21(24)27-15(2)20(23)22-13-17-8-10-18(25-4)11-9-17/h5-12,15-16H,13H2,1-4H3,(H,22,23)/t15-,16+/m1/s1. The molecule has 0 aliphatic heterocycles. The first kappa shape index (κ1) is 20.3. The number of rotatable bonds is 8. The predicted molar refractivity (Wildman–Crippen MR) is 102 cm³/mol. The Morgan fingerprint density at radius 1 is 1.00 bits per heavy atom. The first-order chi connectivity index (χ1) is 12.9. The lowest BCUT2D eigenvalue weighted by atomic mass is 10.2. The van der Waals surface area contributed by atoms with Crippen LogP contribution in [0.1, 0.15) is 25.0 Å². The summed E-state index contributed by atoms with van der Waals surface area (Å²) in [4.78, 5) is 24.3. The number of hydrogen-bond donors (Lipinski definition) is 1. The molecule has 0 aliphatic rings. The number of carbonyl (C=O) groups excluding carboxylic acids is 2. The van der Waals surface area contributed by atoms with Gasteiger partial charge in [-0.2, -0.15) is 0 Å². The van der Waals surface area contributed by atoms with Crippen LogP contribution in [0.5, 0.6) is 11.5 Å². The zero-order valence-electron chi connectivity index (χ0n) is 16.0. The van der Waals surface area contributed by atoms with Crippen LogP contribution in [0.4, 0.5) is 0 Å². The van der Waals surface area contributed by atoms with Gasteiger partial charge in [-0.25, -0.2) is 4.79 Å². The molecule has 1 amide bonds. The van der Waals surface area contributed by atoms with E-state index >= 15 is 0 Å². The average molecular weight is 371 g/mol. The highest BCUT2D eigenvalue weighted by atomic mass is 16.6. The Balaban J connectivity index is 1.80. The number of aryl methyl sites for hydroxylation is 1. The van der Waals surface area contributed by atoms with E-state index in [-0.39, 0.29) is 5.91 Å². The number of esters is 1. The van der Waals surface area contributed by atoms with Crippen molar-refractivity contribution in [1.82, 2.24) is 5.32 Å². The molecule has 0 saturated heterocycles. The summed E-state index contributed by atoms with van der Waals surface area (Å²) in [5, 5.41) is 2.74. The molecule has 6 heteroatoms. The van der Waals surface area contributed by atoms with Gasteiger partial charge in [0.2, 0.25) is 0 Å². The monoisotopic (exact) mass is 371 g/mol. The van der Waals surface area contributed by atoms with Crippen LogP contribution in [0.15, 0.2) is 48.5 Å². The molecule has 144 valence electrons. The number of carbonyl (C=O) groups is 2. The molecule has 0 radical (unpaired) electrons. The van der Waals surface area contributed by atoms with Gasteiger partial charge in [0.1, 0.15) is 11.5 Å². The van der Waals surface area contributed by atoms with Crippen molar-refractivity contribution < 1.29 is 23.8 Å². The highest BCUT2D eigenvalue weighted by molar-refractivity contribution is 5.84. The molecule has 2 aromatic rings. The molecule has 2 rings (SSSR count). The van der Waals surface area contributed by atoms with Crippen LogP contribution in [0.25, 0.3) is 0 Å². The summed E-state index contributed by atoms with van der Waals surface area (Å²) < 4.78 is 15.9. The molecule has 0 spiro atoms. The molecule has 2 atom stereocenters. The van der Waals surface area contributed by atoms with Gasteiger partial charge in [0.05, 0.1) is 7.11 Å². The van der Waals surface area contributed by atoms with Crippen molar-refractivity contribution in [3.63, 3.8) is 0 Å². The van der Waals surface area contributed by atoms with E-state index in [4.69, 9.17) is 14.2 Å². The molecule has 0 saturated carbocycles. The van der Waals surface area contributed by atoms with Crippen molar-refractivity contribution in [2.75, 3.05) is 7.11 Å². The van der Waals surface area contributed by atoms with Gasteiger partial charge < -0.3 is 19.5 Å². The number of amides is 1. The second-order valence-electron chi connectivity index (χ2n) is 6.22. The number of methoxy groups -OCH3 is 1. The highest BCUT2D eigenvalue weighted by Crippen LogP contribution is 2.15. The lowest BCUT2D eigenvalue weighted by Crippen LogP contribution is -2.38. The Kier molecular flexibility index (Phi) is 7.23. The molecule has 0 bridgehead atoms. The van der Waals surface area contributed by atoms with E-state index in [0.29, 0.717) is 12.3 Å². The first-order valence-corrected chi connectivity index (χ1v) is 8.73. The molecular formula is C21H25NO5. The minimum absolute atomic E-state index is 0.333. The van der Waals surface area contributed by atoms with Crippen LogP contribution < -0.4 is 14.8 Å². The Morgan fingerprint density at radius 3 is 2.33 bits per heavy atom. The first-order valence-electron chi connectivity index (χ1n) is 8.73. The summed E-state index contributed by atoms with van der Waals surface area (Å²) in [6.45, 7) is 5.39. The SMILES string of the molecule is COc1ccc(CNC(=O)[C@@H](C)OC(=O)[C@H](C)Oc2cccc(C)c2)cc1. The summed E-state index contributed by atoms with van der Waals surface area (Å²) in [6.07, 6.45) is -1.73. The van der Waals surface area contributed by atoms with Crippen LogP contribution in [-0.4, -0.2) is 31.2 Å². The maximum atomic E-state index is 12.2. The van der Waals surface area contributed by atoms with Crippen molar-refractivity contribution in [1.29, 1.82) is 0 Å². The van der Waals surface area contributed by atoms with E-state index < -0.39 is 18.2 Å². The molecule has 0 fully saturated rings. The van der Waals surface area contributed by atoms with Crippen molar-refractivity contribution in [2.24, 2.45) is 0 Å². The smallest absolute Gasteiger partial charge is 0.347 e. The summed E-state index contributed by atoms with van der Waals surface area (Å²) in [5.41, 5.74) is 1.94. The average Bonchev–Trinajstić information content (AvgIpc) is 2.66. The van der Waals surface area contributed by atoms with E-state index in [2.05, 4.69) is 5.32 Å². The Labute approximate surface area is 159 Å². The lowest BCUT2D eigenvalue weighted by Gasteiger charge is -2.18. The number of hydrogen-bond acceptors (Lipinski definition) is 5. The van der Waals surface area contributed by atoms with E-state index in [1.165, 1.54) is 6.92 Å². The maximum absolute atomic E-state index is 12.2. The summed E-state index contributed by atoms with van der Waals surface area (Å²) in [6, 6.07) is 14.7. The van der Waals surface area contributed by atoms with Crippen molar-refractivity contribution in [2.45, 2.75) is 39.5 Å². The Bertz CT molecular complexity index is 772. The minimum Gasteiger partial charge on any atom is -0.497 e. The summed E-state index contributed by atoms with van der Waals surface area (Å²) >= 11 is 0. The van der Waals surface area contributed by atoms with Crippen LogP contribution in [0.2, 0.25) is 0 Å². The van der Waals surface area contributed by atoms with E-state index in [9.17, 15) is 9.59 Å². The number of nitrogens with one attached hydrogen (secondary N) is 1. The molecule has 0 unspecified atom stereocenters. The second-order valence-corrected chi connectivity index (χ2v) is 6.22. The third kappa shape index (κ3) is 6.33. The van der Waals surface area contributed by atoms with Crippen LogP contribution in [0.3, 0.4) is 0 Å². The fraction of sp³-hybridized carbons (Fsp3) is 0.333. The van der Waals surface area contributed by atoms with Crippen molar-refractivity contribution in [3.8, 4) is 11.5 Å². The third-order valence-electron chi connectivity index (χ3n) is 3.92. The fourth-order valence-corrected chi connectivity index (χ4v) is 2.34. The third-order valence-corrected chi connectivity index (χ3v) is 3.92. The fourth-order valence-electron chi connectivity index (χ4n) is 2.34. The number of ether oxygens (including phenoxy) is 3. The zero-order chi connectivity index (χ0) is 19.8. The van der Waals surface area contributed by atoms with Crippen molar-refractivity contribution >= 4 is 11.9 Å². The van der Waals surface area contributed by atoms with Gasteiger partial charge >= 0.3 is 5.97 Å². The van der Waals surface area contributed by atoms with Crippen molar-refractivity contribution in [3.05, 3.63) is 59.7 Å². The molecule has 27 heavy (non-hydrogen) atoms. The molecule has 0 heterocycles. The normalized spacial score (nSPS) is 12.6. The topological polar surface area (TPSA) is 73.9 Å². The minimum atomic E-state index is -0.917. The van der Waals surface area contributed by atoms with Gasteiger partial charge in [-0.3, -0.25) is 4.79 Å². The quantitative estimate of drug-likeness (QED) is 0.722. The van der Waals surface area contributed by atoms with Gasteiger partial charge in [0.25, 0.3) is 5.91 Å².